The molecule has 0 saturated heterocycles. The molecule has 0 spiro atoms. The lowest BCUT2D eigenvalue weighted by Gasteiger charge is -2.12. The average molecular weight is 459 g/mol. The zero-order chi connectivity index (χ0) is 23.2. The third-order valence-corrected chi connectivity index (χ3v) is 5.82. The predicted molar refractivity (Wildman–Crippen MR) is 135 cm³/mol. The molecule has 0 aliphatic heterocycles. The summed E-state index contributed by atoms with van der Waals surface area (Å²) < 4.78 is 11.3. The first-order chi connectivity index (χ1) is 15.5. The van der Waals surface area contributed by atoms with Gasteiger partial charge in [-0.3, -0.25) is 4.79 Å². The van der Waals surface area contributed by atoms with Crippen LogP contribution in [0, 0.1) is 5.92 Å². The summed E-state index contributed by atoms with van der Waals surface area (Å²) in [4.78, 5) is 12.1. The number of alkyl halides is 1. The number of benzene rings is 2. The molecule has 3 nitrogen and oxygen atoms in total. The molecule has 2 aromatic carbocycles. The number of hydrogen-bond donors (Lipinski definition) is 0. The van der Waals surface area contributed by atoms with Crippen molar-refractivity contribution in [3.8, 4) is 22.6 Å². The van der Waals surface area contributed by atoms with Crippen molar-refractivity contribution >= 4 is 17.6 Å². The van der Waals surface area contributed by atoms with E-state index in [9.17, 15) is 4.79 Å². The minimum absolute atomic E-state index is 0.347. The van der Waals surface area contributed by atoms with E-state index in [-0.39, 0.29) is 0 Å². The molecule has 176 valence electrons. The zero-order valence-corrected chi connectivity index (χ0v) is 20.7. The van der Waals surface area contributed by atoms with Crippen LogP contribution in [0.2, 0.25) is 0 Å². The summed E-state index contributed by atoms with van der Waals surface area (Å²) in [5.41, 5.74) is 2.15. The third-order valence-electron chi connectivity index (χ3n) is 5.46. The molecular weight excluding hydrogens is 420 g/mol. The van der Waals surface area contributed by atoms with E-state index in [0.717, 1.165) is 29.9 Å². The maximum atomic E-state index is 12.1. The Kier molecular flexibility index (Phi) is 12.3. The van der Waals surface area contributed by atoms with Gasteiger partial charge in [0.2, 0.25) is 0 Å². The fourth-order valence-electron chi connectivity index (χ4n) is 3.58. The topological polar surface area (TPSA) is 35.5 Å². The minimum Gasteiger partial charge on any atom is -0.494 e. The summed E-state index contributed by atoms with van der Waals surface area (Å²) in [5.74, 6) is 1.37. The van der Waals surface area contributed by atoms with Crippen LogP contribution < -0.4 is 9.47 Å². The number of hydrogen-bond acceptors (Lipinski definition) is 3. The Labute approximate surface area is 199 Å². The van der Waals surface area contributed by atoms with E-state index in [2.05, 4.69) is 19.1 Å². The smallest absolute Gasteiger partial charge is 0.329 e. The van der Waals surface area contributed by atoms with Crippen molar-refractivity contribution < 1.29 is 14.3 Å². The van der Waals surface area contributed by atoms with Crippen molar-refractivity contribution in [2.24, 2.45) is 5.92 Å². The molecule has 4 heteroatoms. The molecule has 0 saturated carbocycles. The molecule has 1 unspecified atom stereocenters. The molecule has 2 rings (SSSR count). The monoisotopic (exact) mass is 458 g/mol. The molecule has 0 radical (unpaired) electrons. The van der Waals surface area contributed by atoms with Crippen LogP contribution in [-0.2, 0) is 4.79 Å². The van der Waals surface area contributed by atoms with Gasteiger partial charge in [-0.15, -0.1) is 11.6 Å². The Balaban J connectivity index is 1.72. The lowest BCUT2D eigenvalue weighted by molar-refractivity contribution is -0.134. The van der Waals surface area contributed by atoms with Gasteiger partial charge in [0, 0.05) is 0 Å². The van der Waals surface area contributed by atoms with Crippen LogP contribution in [0.1, 0.15) is 78.6 Å². The van der Waals surface area contributed by atoms with Gasteiger partial charge >= 0.3 is 5.97 Å². The quantitative estimate of drug-likeness (QED) is 0.116. The van der Waals surface area contributed by atoms with E-state index in [1.54, 1.807) is 12.1 Å². The van der Waals surface area contributed by atoms with Crippen LogP contribution in [0.4, 0.5) is 0 Å². The van der Waals surface area contributed by atoms with Crippen LogP contribution in [0.25, 0.3) is 11.1 Å². The van der Waals surface area contributed by atoms with Gasteiger partial charge in [-0.1, -0.05) is 90.0 Å². The van der Waals surface area contributed by atoms with Crippen molar-refractivity contribution in [1.29, 1.82) is 0 Å². The molecule has 0 aliphatic carbocycles. The molecule has 1 atom stereocenters. The first-order valence-corrected chi connectivity index (χ1v) is 12.6. The van der Waals surface area contributed by atoms with Gasteiger partial charge in [0.25, 0.3) is 0 Å². The van der Waals surface area contributed by atoms with Gasteiger partial charge < -0.3 is 9.47 Å². The summed E-state index contributed by atoms with van der Waals surface area (Å²) in [6, 6.07) is 15.6. The largest absolute Gasteiger partial charge is 0.494 e. The molecule has 0 heterocycles. The van der Waals surface area contributed by atoms with E-state index < -0.39 is 11.3 Å². The van der Waals surface area contributed by atoms with E-state index in [1.807, 2.05) is 38.1 Å². The Morgan fingerprint density at radius 1 is 0.781 bits per heavy atom. The maximum absolute atomic E-state index is 12.1. The van der Waals surface area contributed by atoms with Gasteiger partial charge in [-0.05, 0) is 54.2 Å². The minimum atomic E-state index is -0.618. The second-order valence-electron chi connectivity index (χ2n) is 8.89. The molecule has 0 bridgehead atoms. The lowest BCUT2D eigenvalue weighted by Crippen LogP contribution is -2.22. The first kappa shape index (κ1) is 26.3. The number of ether oxygens (including phenoxy) is 2. The number of carbonyl (C=O) groups excluding carboxylic acids is 1. The summed E-state index contributed by atoms with van der Waals surface area (Å²) >= 11 is 6.12. The molecule has 0 aliphatic rings. The molecule has 0 aromatic heterocycles. The van der Waals surface area contributed by atoms with Crippen molar-refractivity contribution in [3.63, 3.8) is 0 Å². The third kappa shape index (κ3) is 10.1. The number of unbranched alkanes of at least 4 members (excludes halogenated alkanes) is 7. The highest BCUT2D eigenvalue weighted by Gasteiger charge is 2.19. The summed E-state index contributed by atoms with van der Waals surface area (Å²) in [7, 11) is 0. The molecule has 0 amide bonds. The average Bonchev–Trinajstić information content (AvgIpc) is 2.78. The van der Waals surface area contributed by atoms with Crippen molar-refractivity contribution in [3.05, 3.63) is 48.5 Å². The van der Waals surface area contributed by atoms with E-state index in [4.69, 9.17) is 21.1 Å². The normalized spacial score (nSPS) is 12.0. The van der Waals surface area contributed by atoms with Gasteiger partial charge in [0.15, 0.2) is 0 Å². The Morgan fingerprint density at radius 3 is 1.81 bits per heavy atom. The number of halogens is 1. The second-order valence-corrected chi connectivity index (χ2v) is 9.42. The molecule has 0 fully saturated rings. The van der Waals surface area contributed by atoms with Crippen LogP contribution in [0.15, 0.2) is 48.5 Å². The van der Waals surface area contributed by atoms with Gasteiger partial charge in [0.05, 0.1) is 6.61 Å². The van der Waals surface area contributed by atoms with Gasteiger partial charge in [-0.25, -0.2) is 0 Å². The predicted octanol–water partition coefficient (Wildman–Crippen LogP) is 8.43. The fourth-order valence-corrected chi connectivity index (χ4v) is 3.98. The standard InChI is InChI=1S/C28H39ClO3/c1-4-5-6-7-8-9-10-11-20-31-25-16-12-23(13-17-25)24-14-18-26(19-15-24)32-28(30)27(29)21-22(2)3/h12-19,22,27H,4-11,20-21H2,1-3H3. The number of rotatable bonds is 15. The Hall–Kier alpha value is -2.00. The Bertz CT molecular complexity index is 768. The molecule has 2 aromatic rings. The molecule has 32 heavy (non-hydrogen) atoms. The van der Waals surface area contributed by atoms with E-state index in [1.165, 1.54) is 44.9 Å². The fraction of sp³-hybridized carbons (Fsp3) is 0.536. The van der Waals surface area contributed by atoms with Crippen molar-refractivity contribution in [1.82, 2.24) is 0 Å². The lowest BCUT2D eigenvalue weighted by atomic mass is 10.1. The summed E-state index contributed by atoms with van der Waals surface area (Å²) in [6.07, 6.45) is 11.0. The molecular formula is C28H39ClO3. The van der Waals surface area contributed by atoms with Gasteiger partial charge in [-0.2, -0.15) is 0 Å². The van der Waals surface area contributed by atoms with E-state index >= 15 is 0 Å². The zero-order valence-electron chi connectivity index (χ0n) is 19.9. The maximum Gasteiger partial charge on any atom is 0.329 e. The highest BCUT2D eigenvalue weighted by Crippen LogP contribution is 2.25. The highest BCUT2D eigenvalue weighted by molar-refractivity contribution is 6.30. The number of carbonyl (C=O) groups is 1. The first-order valence-electron chi connectivity index (χ1n) is 12.2. The number of esters is 1. The SMILES string of the molecule is CCCCCCCCCCOc1ccc(-c2ccc(OC(=O)C(Cl)CC(C)C)cc2)cc1. The van der Waals surface area contributed by atoms with Crippen molar-refractivity contribution in [2.45, 2.75) is 83.9 Å². The highest BCUT2D eigenvalue weighted by atomic mass is 35.5. The van der Waals surface area contributed by atoms with E-state index in [0.29, 0.717) is 18.1 Å². The van der Waals surface area contributed by atoms with Crippen LogP contribution in [-0.4, -0.2) is 18.0 Å². The van der Waals surface area contributed by atoms with Crippen molar-refractivity contribution in [2.75, 3.05) is 6.61 Å². The van der Waals surface area contributed by atoms with Crippen LogP contribution in [0.5, 0.6) is 11.5 Å². The van der Waals surface area contributed by atoms with Crippen LogP contribution in [0.3, 0.4) is 0 Å². The Morgan fingerprint density at radius 2 is 1.28 bits per heavy atom. The molecule has 0 N–H and O–H groups in total. The van der Waals surface area contributed by atoms with Crippen LogP contribution >= 0.6 is 11.6 Å². The second kappa shape index (κ2) is 14.9. The summed E-state index contributed by atoms with van der Waals surface area (Å²) in [6.45, 7) is 7.09. The summed E-state index contributed by atoms with van der Waals surface area (Å²) in [5, 5.41) is -0.618. The van der Waals surface area contributed by atoms with Gasteiger partial charge in [0.1, 0.15) is 16.9 Å².